The van der Waals surface area contributed by atoms with Crippen molar-refractivity contribution in [2.45, 2.75) is 18.7 Å². The van der Waals surface area contributed by atoms with E-state index in [1.54, 1.807) is 6.07 Å². The average Bonchev–Trinajstić information content (AvgIpc) is 2.67. The molecule has 0 unspecified atom stereocenters. The van der Waals surface area contributed by atoms with E-state index in [4.69, 9.17) is 23.2 Å². The fraction of sp³-hybridized carbons (Fsp3) is 0.214. The number of aryl methyl sites for hydroxylation is 2. The van der Waals surface area contributed by atoms with Crippen molar-refractivity contribution in [2.75, 3.05) is 5.75 Å². The summed E-state index contributed by atoms with van der Waals surface area (Å²) in [5.41, 5.74) is 2.93. The number of thioether (sulfide) groups is 1. The summed E-state index contributed by atoms with van der Waals surface area (Å²) in [4.78, 5) is 13.2. The van der Waals surface area contributed by atoms with E-state index in [1.165, 1.54) is 34.2 Å². The van der Waals surface area contributed by atoms with Gasteiger partial charge in [-0.25, -0.2) is 0 Å². The molecule has 1 heterocycles. The van der Waals surface area contributed by atoms with Gasteiger partial charge in [0.05, 0.1) is 10.1 Å². The molecule has 1 aromatic carbocycles. The lowest BCUT2D eigenvalue weighted by Crippen LogP contribution is -2.01. The molecule has 1 nitrogen and oxygen atoms in total. The lowest BCUT2D eigenvalue weighted by atomic mass is 10.2. The van der Waals surface area contributed by atoms with Gasteiger partial charge in [-0.15, -0.1) is 23.1 Å². The first kappa shape index (κ1) is 14.9. The predicted molar refractivity (Wildman–Crippen MR) is 85.3 cm³/mol. The van der Waals surface area contributed by atoms with E-state index in [1.807, 2.05) is 19.1 Å². The molecule has 0 aliphatic heterocycles. The van der Waals surface area contributed by atoms with Crippen LogP contribution in [0, 0.1) is 13.8 Å². The van der Waals surface area contributed by atoms with Crippen LogP contribution in [0.3, 0.4) is 0 Å². The Bertz CT molecular complexity index is 620. The third-order valence-corrected chi connectivity index (χ3v) is 5.31. The van der Waals surface area contributed by atoms with Crippen LogP contribution in [0.2, 0.25) is 8.67 Å². The smallest absolute Gasteiger partial charge is 0.175 e. The van der Waals surface area contributed by atoms with Crippen molar-refractivity contribution in [3.63, 3.8) is 0 Å². The molecule has 0 aliphatic rings. The molecule has 0 fully saturated rings. The molecule has 5 heteroatoms. The summed E-state index contributed by atoms with van der Waals surface area (Å²) in [6.45, 7) is 4.11. The van der Waals surface area contributed by atoms with Gasteiger partial charge in [-0.05, 0) is 31.5 Å². The van der Waals surface area contributed by atoms with Gasteiger partial charge in [0, 0.05) is 10.5 Å². The Morgan fingerprint density at radius 1 is 1.26 bits per heavy atom. The van der Waals surface area contributed by atoms with Gasteiger partial charge in [-0.3, -0.25) is 4.79 Å². The minimum absolute atomic E-state index is 0.0122. The van der Waals surface area contributed by atoms with Gasteiger partial charge >= 0.3 is 0 Å². The van der Waals surface area contributed by atoms with Crippen LogP contribution in [0.4, 0.5) is 0 Å². The quantitative estimate of drug-likeness (QED) is 0.532. The van der Waals surface area contributed by atoms with E-state index >= 15 is 0 Å². The Kier molecular flexibility index (Phi) is 4.96. The summed E-state index contributed by atoms with van der Waals surface area (Å²) in [5.74, 6) is 0.384. The molecule has 0 N–H and O–H groups in total. The van der Waals surface area contributed by atoms with Gasteiger partial charge in [0.15, 0.2) is 5.78 Å². The number of hydrogen-bond donors (Lipinski definition) is 0. The van der Waals surface area contributed by atoms with Gasteiger partial charge < -0.3 is 0 Å². The molecule has 0 amide bonds. The summed E-state index contributed by atoms with van der Waals surface area (Å²) >= 11 is 14.6. The van der Waals surface area contributed by atoms with E-state index in [2.05, 4.69) is 13.0 Å². The van der Waals surface area contributed by atoms with Crippen LogP contribution in [-0.2, 0) is 0 Å². The highest BCUT2D eigenvalue weighted by atomic mass is 35.5. The second-order valence-corrected chi connectivity index (χ2v) is 7.52. The number of carbonyl (C=O) groups is 1. The molecule has 0 bridgehead atoms. The maximum Gasteiger partial charge on any atom is 0.175 e. The number of benzene rings is 1. The van der Waals surface area contributed by atoms with Crippen molar-refractivity contribution in [3.8, 4) is 0 Å². The summed E-state index contributed by atoms with van der Waals surface area (Å²) < 4.78 is 1.01. The predicted octanol–water partition coefficient (Wildman–Crippen LogP) is 5.65. The molecule has 0 aliphatic carbocycles. The molecule has 0 saturated carbocycles. The first-order valence-electron chi connectivity index (χ1n) is 5.65. The van der Waals surface area contributed by atoms with Crippen molar-refractivity contribution in [3.05, 3.63) is 49.6 Å². The third kappa shape index (κ3) is 3.76. The molecular weight excluding hydrogens is 319 g/mol. The number of ketones is 1. The van der Waals surface area contributed by atoms with Crippen molar-refractivity contribution < 1.29 is 4.79 Å². The first-order chi connectivity index (χ1) is 8.97. The van der Waals surface area contributed by atoms with Gasteiger partial charge in [0.2, 0.25) is 0 Å². The van der Waals surface area contributed by atoms with E-state index in [0.717, 1.165) is 4.90 Å². The molecule has 0 saturated heterocycles. The standard InChI is InChI=1S/C14H12Cl2OS2/c1-8-3-4-12(9(2)5-8)18-7-11(17)10-6-13(15)19-14(10)16/h3-6H,7H2,1-2H3. The Labute approximate surface area is 130 Å². The van der Waals surface area contributed by atoms with Crippen molar-refractivity contribution in [2.24, 2.45) is 0 Å². The van der Waals surface area contributed by atoms with Gasteiger partial charge in [0.25, 0.3) is 0 Å². The number of hydrogen-bond acceptors (Lipinski definition) is 3. The van der Waals surface area contributed by atoms with Gasteiger partial charge in [-0.1, -0.05) is 40.9 Å². The molecule has 2 aromatic rings. The zero-order valence-electron chi connectivity index (χ0n) is 10.5. The van der Waals surface area contributed by atoms with Crippen LogP contribution < -0.4 is 0 Å². The van der Waals surface area contributed by atoms with Crippen LogP contribution in [0.15, 0.2) is 29.2 Å². The highest BCUT2D eigenvalue weighted by Crippen LogP contribution is 2.33. The molecule has 0 atom stereocenters. The SMILES string of the molecule is Cc1ccc(SCC(=O)c2cc(Cl)sc2Cl)c(C)c1. The Balaban J connectivity index is 2.06. The number of carbonyl (C=O) groups excluding carboxylic acids is 1. The lowest BCUT2D eigenvalue weighted by molar-refractivity contribution is 0.102. The normalized spacial score (nSPS) is 10.7. The van der Waals surface area contributed by atoms with E-state index in [9.17, 15) is 4.79 Å². The van der Waals surface area contributed by atoms with Crippen LogP contribution in [0.25, 0.3) is 0 Å². The molecule has 1 aromatic heterocycles. The highest BCUT2D eigenvalue weighted by molar-refractivity contribution is 8.00. The number of Topliss-reactive ketones (excluding diaryl/α,β-unsaturated/α-hetero) is 1. The molecule has 0 spiro atoms. The fourth-order valence-corrected chi connectivity index (χ4v) is 4.10. The molecule has 100 valence electrons. The van der Waals surface area contributed by atoms with Gasteiger partial charge in [0.1, 0.15) is 4.34 Å². The van der Waals surface area contributed by atoms with Gasteiger partial charge in [-0.2, -0.15) is 0 Å². The van der Waals surface area contributed by atoms with Crippen LogP contribution in [-0.4, -0.2) is 11.5 Å². The zero-order valence-corrected chi connectivity index (χ0v) is 13.6. The topological polar surface area (TPSA) is 17.1 Å². The lowest BCUT2D eigenvalue weighted by Gasteiger charge is -2.05. The van der Waals surface area contributed by atoms with Crippen LogP contribution in [0.1, 0.15) is 21.5 Å². The summed E-state index contributed by atoms with van der Waals surface area (Å²) in [7, 11) is 0. The molecule has 19 heavy (non-hydrogen) atoms. The summed E-state index contributed by atoms with van der Waals surface area (Å²) in [5, 5.41) is 0. The maximum atomic E-state index is 12.1. The summed E-state index contributed by atoms with van der Waals surface area (Å²) in [6, 6.07) is 7.85. The first-order valence-corrected chi connectivity index (χ1v) is 8.21. The average molecular weight is 331 g/mol. The largest absolute Gasteiger partial charge is 0.293 e. The Morgan fingerprint density at radius 3 is 2.58 bits per heavy atom. The molecular formula is C14H12Cl2OS2. The highest BCUT2D eigenvalue weighted by Gasteiger charge is 2.14. The minimum atomic E-state index is 0.0122. The zero-order chi connectivity index (χ0) is 14.0. The number of thiophene rings is 1. The van der Waals surface area contributed by atoms with E-state index in [-0.39, 0.29) is 5.78 Å². The molecule has 0 radical (unpaired) electrons. The van der Waals surface area contributed by atoms with Crippen LogP contribution >= 0.6 is 46.3 Å². The van der Waals surface area contributed by atoms with Crippen LogP contribution in [0.5, 0.6) is 0 Å². The number of halogens is 2. The fourth-order valence-electron chi connectivity index (χ4n) is 1.71. The monoisotopic (exact) mass is 330 g/mol. The summed E-state index contributed by atoms with van der Waals surface area (Å²) in [6.07, 6.45) is 0. The van der Waals surface area contributed by atoms with Crippen molar-refractivity contribution in [1.29, 1.82) is 0 Å². The van der Waals surface area contributed by atoms with E-state index < -0.39 is 0 Å². The second kappa shape index (κ2) is 6.31. The third-order valence-electron chi connectivity index (χ3n) is 2.65. The number of rotatable bonds is 4. The van der Waals surface area contributed by atoms with Crippen molar-refractivity contribution >= 4 is 52.1 Å². The second-order valence-electron chi connectivity index (χ2n) is 4.22. The molecule has 2 rings (SSSR count). The Morgan fingerprint density at radius 2 is 2.00 bits per heavy atom. The van der Waals surface area contributed by atoms with Crippen molar-refractivity contribution in [1.82, 2.24) is 0 Å². The minimum Gasteiger partial charge on any atom is -0.293 e. The maximum absolute atomic E-state index is 12.1. The Hall–Kier alpha value is -0.480. The van der Waals surface area contributed by atoms with E-state index in [0.29, 0.717) is 20.0 Å².